The number of anilines is 1. The summed E-state index contributed by atoms with van der Waals surface area (Å²) in [6, 6.07) is 1.60. The van der Waals surface area contributed by atoms with Crippen LogP contribution < -0.4 is 5.32 Å². The summed E-state index contributed by atoms with van der Waals surface area (Å²) in [4.78, 5) is 14.6. The van der Waals surface area contributed by atoms with E-state index in [0.717, 1.165) is 19.3 Å². The van der Waals surface area contributed by atoms with Crippen molar-refractivity contribution in [2.24, 2.45) is 0 Å². The van der Waals surface area contributed by atoms with Gasteiger partial charge in [0.1, 0.15) is 18.0 Å². The van der Waals surface area contributed by atoms with Gasteiger partial charge < -0.3 is 14.8 Å². The highest BCUT2D eigenvalue weighted by molar-refractivity contribution is 5.60. The van der Waals surface area contributed by atoms with Crippen LogP contribution in [-0.4, -0.2) is 34.4 Å². The minimum absolute atomic E-state index is 0.0192. The molecule has 7 nitrogen and oxygen atoms in total. The van der Waals surface area contributed by atoms with E-state index in [4.69, 9.17) is 9.47 Å². The summed E-state index contributed by atoms with van der Waals surface area (Å²) in [5, 5.41) is 14.5. The topological polar surface area (TPSA) is 86.5 Å². The molecule has 0 radical (unpaired) electrons. The lowest BCUT2D eigenvalue weighted by Crippen LogP contribution is -2.37. The maximum Gasteiger partial charge on any atom is 0.310 e. The number of pyridine rings is 1. The molecule has 0 spiro atoms. The predicted octanol–water partition coefficient (Wildman–Crippen LogP) is 3.89. The molecule has 1 saturated heterocycles. The predicted molar refractivity (Wildman–Crippen MR) is 92.0 cm³/mol. The van der Waals surface area contributed by atoms with Crippen molar-refractivity contribution < 1.29 is 14.4 Å². The summed E-state index contributed by atoms with van der Waals surface area (Å²) in [7, 11) is 0. The quantitative estimate of drug-likeness (QED) is 0.418. The molecule has 1 aromatic rings. The Morgan fingerprint density at radius 3 is 2.88 bits per heavy atom. The largest absolute Gasteiger partial charge is 0.374 e. The molecule has 1 N–H and O–H groups in total. The molecule has 2 heterocycles. The third-order valence-corrected chi connectivity index (χ3v) is 4.19. The van der Waals surface area contributed by atoms with Crippen molar-refractivity contribution in [2.75, 3.05) is 11.9 Å². The van der Waals surface area contributed by atoms with E-state index in [0.29, 0.717) is 12.3 Å². The molecule has 1 aliphatic heterocycles. The molecule has 0 amide bonds. The molecule has 134 valence electrons. The molecule has 24 heavy (non-hydrogen) atoms. The summed E-state index contributed by atoms with van der Waals surface area (Å²) in [6.45, 7) is 6.43. The van der Waals surface area contributed by atoms with Crippen molar-refractivity contribution in [2.45, 2.75) is 70.8 Å². The second-order valence-electron chi connectivity index (χ2n) is 6.62. The van der Waals surface area contributed by atoms with Crippen LogP contribution in [0.25, 0.3) is 0 Å². The highest BCUT2D eigenvalue weighted by Gasteiger charge is 2.37. The molecule has 0 bridgehead atoms. The van der Waals surface area contributed by atoms with Crippen LogP contribution >= 0.6 is 0 Å². The molecular weight excluding hydrogens is 310 g/mol. The van der Waals surface area contributed by atoms with Gasteiger partial charge in [0, 0.05) is 6.20 Å². The molecule has 0 aliphatic carbocycles. The van der Waals surface area contributed by atoms with Gasteiger partial charge in [0.15, 0.2) is 5.79 Å². The second kappa shape index (κ2) is 8.39. The number of hydrogen-bond donors (Lipinski definition) is 1. The first kappa shape index (κ1) is 18.6. The zero-order valence-electron chi connectivity index (χ0n) is 14.7. The standard InChI is InChI=1S/C17H27N3O4/c1-4-5-6-7-8-14(16-12-23-17(2,3)24-16)19-13-9-10-18-11-15(13)20(21)22/h9-11,14,16H,4-8,12H2,1-3H3,(H,18,19)/t14-,16+/m1/s1. The maximum atomic E-state index is 11.2. The van der Waals surface area contributed by atoms with Crippen LogP contribution in [0.5, 0.6) is 0 Å². The molecule has 0 saturated carbocycles. The Balaban J connectivity index is 2.09. The van der Waals surface area contributed by atoms with Crippen molar-refractivity contribution >= 4 is 11.4 Å². The molecule has 1 aromatic heterocycles. The Hall–Kier alpha value is -1.73. The minimum atomic E-state index is -0.613. The van der Waals surface area contributed by atoms with E-state index in [2.05, 4.69) is 17.2 Å². The van der Waals surface area contributed by atoms with E-state index < -0.39 is 10.7 Å². The van der Waals surface area contributed by atoms with Gasteiger partial charge in [-0.25, -0.2) is 0 Å². The van der Waals surface area contributed by atoms with E-state index in [9.17, 15) is 10.1 Å². The van der Waals surface area contributed by atoms with Crippen LogP contribution in [0.1, 0.15) is 52.9 Å². The lowest BCUT2D eigenvalue weighted by atomic mass is 10.0. The van der Waals surface area contributed by atoms with Gasteiger partial charge in [-0.1, -0.05) is 32.6 Å². The molecule has 0 unspecified atom stereocenters. The van der Waals surface area contributed by atoms with Gasteiger partial charge in [0.2, 0.25) is 0 Å². The summed E-state index contributed by atoms with van der Waals surface area (Å²) in [6.07, 6.45) is 8.12. The van der Waals surface area contributed by atoms with Crippen LogP contribution in [0.4, 0.5) is 11.4 Å². The number of ether oxygens (including phenoxy) is 2. The Kier molecular flexibility index (Phi) is 6.51. The summed E-state index contributed by atoms with van der Waals surface area (Å²) in [5.41, 5.74) is 0.457. The smallest absolute Gasteiger partial charge is 0.310 e. The number of aromatic nitrogens is 1. The molecule has 2 rings (SSSR count). The van der Waals surface area contributed by atoms with Gasteiger partial charge in [-0.05, 0) is 26.3 Å². The van der Waals surface area contributed by atoms with Crippen LogP contribution in [0, 0.1) is 10.1 Å². The fourth-order valence-corrected chi connectivity index (χ4v) is 2.91. The molecular formula is C17H27N3O4. The fourth-order valence-electron chi connectivity index (χ4n) is 2.91. The van der Waals surface area contributed by atoms with Gasteiger partial charge in [-0.3, -0.25) is 15.1 Å². The first-order chi connectivity index (χ1) is 11.4. The van der Waals surface area contributed by atoms with E-state index in [1.54, 1.807) is 12.3 Å². The average molecular weight is 337 g/mol. The minimum Gasteiger partial charge on any atom is -0.374 e. The SMILES string of the molecule is CCCCCC[C@@H](Nc1ccncc1[N+](=O)[O-])[C@@H]1COC(C)(C)O1. The van der Waals surface area contributed by atoms with E-state index in [1.807, 2.05) is 13.8 Å². The third kappa shape index (κ3) is 5.14. The number of nitro groups is 1. The molecule has 1 fully saturated rings. The highest BCUT2D eigenvalue weighted by Crippen LogP contribution is 2.30. The van der Waals surface area contributed by atoms with Crippen LogP contribution in [-0.2, 0) is 9.47 Å². The van der Waals surface area contributed by atoms with Gasteiger partial charge in [-0.2, -0.15) is 0 Å². The van der Waals surface area contributed by atoms with E-state index in [1.165, 1.54) is 19.0 Å². The van der Waals surface area contributed by atoms with Gasteiger partial charge in [0.05, 0.1) is 17.6 Å². The third-order valence-electron chi connectivity index (χ3n) is 4.19. The normalized spacial score (nSPS) is 20.7. The Bertz CT molecular complexity index is 550. The van der Waals surface area contributed by atoms with Crippen LogP contribution in [0.15, 0.2) is 18.5 Å². The van der Waals surface area contributed by atoms with Crippen molar-refractivity contribution in [3.05, 3.63) is 28.6 Å². The fraction of sp³-hybridized carbons (Fsp3) is 0.706. The summed E-state index contributed by atoms with van der Waals surface area (Å²) in [5.74, 6) is -0.613. The lowest BCUT2D eigenvalue weighted by molar-refractivity contribution is -0.384. The molecule has 0 aromatic carbocycles. The summed E-state index contributed by atoms with van der Waals surface area (Å²) >= 11 is 0. The Morgan fingerprint density at radius 1 is 1.46 bits per heavy atom. The zero-order valence-corrected chi connectivity index (χ0v) is 14.7. The van der Waals surface area contributed by atoms with E-state index in [-0.39, 0.29) is 17.8 Å². The Morgan fingerprint density at radius 2 is 2.25 bits per heavy atom. The van der Waals surface area contributed by atoms with Gasteiger partial charge in [-0.15, -0.1) is 0 Å². The average Bonchev–Trinajstić information content (AvgIpc) is 2.90. The number of hydrogen-bond acceptors (Lipinski definition) is 6. The maximum absolute atomic E-state index is 11.2. The van der Waals surface area contributed by atoms with Crippen molar-refractivity contribution in [3.63, 3.8) is 0 Å². The van der Waals surface area contributed by atoms with Crippen molar-refractivity contribution in [3.8, 4) is 0 Å². The number of nitrogens with one attached hydrogen (secondary N) is 1. The van der Waals surface area contributed by atoms with Crippen LogP contribution in [0.3, 0.4) is 0 Å². The number of rotatable bonds is 9. The number of nitrogens with zero attached hydrogens (tertiary/aromatic N) is 2. The monoisotopic (exact) mass is 337 g/mol. The molecule has 7 heteroatoms. The van der Waals surface area contributed by atoms with Crippen LogP contribution in [0.2, 0.25) is 0 Å². The highest BCUT2D eigenvalue weighted by atomic mass is 16.7. The Labute approximate surface area is 142 Å². The van der Waals surface area contributed by atoms with Gasteiger partial charge >= 0.3 is 5.69 Å². The van der Waals surface area contributed by atoms with Gasteiger partial charge in [0.25, 0.3) is 0 Å². The zero-order chi connectivity index (χ0) is 17.6. The second-order valence-corrected chi connectivity index (χ2v) is 6.62. The first-order valence-corrected chi connectivity index (χ1v) is 8.59. The lowest BCUT2D eigenvalue weighted by Gasteiger charge is -2.26. The molecule has 1 aliphatic rings. The van der Waals surface area contributed by atoms with Crippen molar-refractivity contribution in [1.82, 2.24) is 4.98 Å². The number of unbranched alkanes of at least 4 members (excludes halogenated alkanes) is 3. The summed E-state index contributed by atoms with van der Waals surface area (Å²) < 4.78 is 11.6. The molecule has 2 atom stereocenters. The van der Waals surface area contributed by atoms with Crippen molar-refractivity contribution in [1.29, 1.82) is 0 Å². The first-order valence-electron chi connectivity index (χ1n) is 8.59. The van der Waals surface area contributed by atoms with E-state index >= 15 is 0 Å².